The van der Waals surface area contributed by atoms with Crippen LogP contribution in [0, 0.1) is 0 Å². The van der Waals surface area contributed by atoms with Crippen molar-refractivity contribution in [2.75, 3.05) is 43.0 Å². The summed E-state index contributed by atoms with van der Waals surface area (Å²) in [7, 11) is 1.83. The molecule has 134 valence electrons. The third-order valence-corrected chi connectivity index (χ3v) is 5.22. The monoisotopic (exact) mass is 352 g/mol. The zero-order valence-corrected chi connectivity index (χ0v) is 14.6. The summed E-state index contributed by atoms with van der Waals surface area (Å²) in [4.78, 5) is 22.2. The van der Waals surface area contributed by atoms with Crippen LogP contribution in [0.2, 0.25) is 0 Å². The van der Waals surface area contributed by atoms with E-state index < -0.39 is 0 Å². The summed E-state index contributed by atoms with van der Waals surface area (Å²) >= 11 is 0. The molecule has 0 radical (unpaired) electrons. The maximum Gasteiger partial charge on any atom is 0.324 e. The average molecular weight is 352 g/mol. The number of fused-ring (bicyclic) bond motifs is 1. The predicted molar refractivity (Wildman–Crippen MR) is 96.5 cm³/mol. The molecule has 9 heteroatoms. The molecule has 0 saturated carbocycles. The van der Waals surface area contributed by atoms with Crippen LogP contribution in [0.5, 0.6) is 0 Å². The summed E-state index contributed by atoms with van der Waals surface area (Å²) in [5, 5.41) is 9.14. The van der Waals surface area contributed by atoms with E-state index in [-0.39, 0.29) is 12.1 Å². The standard InChI is InChI=1S/C17H20N8O/c1-21-8-9-23(17(21)26)14-10-19-25(12-14)13-4-6-22(11-13)16-3-2-15-18-5-7-24(15)20-16/h2-3,5,7,10,12-13H,4,6,8-9,11H2,1H3. The smallest absolute Gasteiger partial charge is 0.324 e. The minimum atomic E-state index is 0.0374. The van der Waals surface area contributed by atoms with Gasteiger partial charge in [-0.25, -0.2) is 14.3 Å². The number of carbonyl (C=O) groups excluding carboxylic acids is 1. The molecule has 3 aromatic rings. The summed E-state index contributed by atoms with van der Waals surface area (Å²) in [5.41, 5.74) is 1.72. The summed E-state index contributed by atoms with van der Waals surface area (Å²) < 4.78 is 3.78. The molecular formula is C17H20N8O. The van der Waals surface area contributed by atoms with Gasteiger partial charge < -0.3 is 9.80 Å². The number of aromatic nitrogens is 5. The van der Waals surface area contributed by atoms with Gasteiger partial charge in [0.05, 0.1) is 17.9 Å². The van der Waals surface area contributed by atoms with Crippen molar-refractivity contribution in [3.8, 4) is 0 Å². The number of imidazole rings is 1. The Morgan fingerprint density at radius 2 is 2.12 bits per heavy atom. The van der Waals surface area contributed by atoms with Gasteiger partial charge in [0.25, 0.3) is 0 Å². The van der Waals surface area contributed by atoms with E-state index in [4.69, 9.17) is 0 Å². The minimum absolute atomic E-state index is 0.0374. The maximum absolute atomic E-state index is 12.1. The summed E-state index contributed by atoms with van der Waals surface area (Å²) in [6.45, 7) is 3.25. The van der Waals surface area contributed by atoms with Crippen molar-refractivity contribution in [2.45, 2.75) is 12.5 Å². The Morgan fingerprint density at radius 3 is 2.96 bits per heavy atom. The highest BCUT2D eigenvalue weighted by Crippen LogP contribution is 2.27. The molecule has 26 heavy (non-hydrogen) atoms. The van der Waals surface area contributed by atoms with Crippen molar-refractivity contribution < 1.29 is 4.79 Å². The molecule has 2 fully saturated rings. The molecule has 0 bridgehead atoms. The van der Waals surface area contributed by atoms with Gasteiger partial charge in [-0.15, -0.1) is 5.10 Å². The quantitative estimate of drug-likeness (QED) is 0.709. The second kappa shape index (κ2) is 5.72. The molecule has 0 aliphatic carbocycles. The zero-order valence-electron chi connectivity index (χ0n) is 14.6. The van der Waals surface area contributed by atoms with Crippen LogP contribution in [0.25, 0.3) is 5.65 Å². The average Bonchev–Trinajstić information content (AvgIpc) is 3.42. The third kappa shape index (κ3) is 2.39. The number of nitrogens with zero attached hydrogens (tertiary/aromatic N) is 8. The lowest BCUT2D eigenvalue weighted by molar-refractivity contribution is 0.229. The number of hydrogen-bond donors (Lipinski definition) is 0. The molecule has 2 aliphatic rings. The largest absolute Gasteiger partial charge is 0.353 e. The number of hydrogen-bond acceptors (Lipinski definition) is 5. The first-order valence-electron chi connectivity index (χ1n) is 8.81. The van der Waals surface area contributed by atoms with Crippen molar-refractivity contribution in [2.24, 2.45) is 0 Å². The van der Waals surface area contributed by atoms with E-state index in [1.807, 2.05) is 36.3 Å². The first-order chi connectivity index (χ1) is 12.7. The van der Waals surface area contributed by atoms with Crippen molar-refractivity contribution in [1.29, 1.82) is 0 Å². The Labute approximate surface area is 150 Å². The van der Waals surface area contributed by atoms with Crippen LogP contribution in [0.15, 0.2) is 36.9 Å². The Kier molecular flexibility index (Phi) is 3.34. The van der Waals surface area contributed by atoms with Gasteiger partial charge in [-0.3, -0.25) is 9.58 Å². The van der Waals surface area contributed by atoms with Gasteiger partial charge in [-0.1, -0.05) is 0 Å². The summed E-state index contributed by atoms with van der Waals surface area (Å²) in [6, 6.07) is 4.31. The van der Waals surface area contributed by atoms with Gasteiger partial charge in [0, 0.05) is 51.8 Å². The fourth-order valence-electron chi connectivity index (χ4n) is 3.69. The van der Waals surface area contributed by atoms with E-state index >= 15 is 0 Å². The minimum Gasteiger partial charge on any atom is -0.353 e. The number of urea groups is 1. The van der Waals surface area contributed by atoms with Crippen molar-refractivity contribution in [3.05, 3.63) is 36.9 Å². The van der Waals surface area contributed by atoms with E-state index in [2.05, 4.69) is 20.1 Å². The zero-order chi connectivity index (χ0) is 17.7. The molecule has 0 spiro atoms. The highest BCUT2D eigenvalue weighted by molar-refractivity contribution is 5.93. The lowest BCUT2D eigenvalue weighted by Crippen LogP contribution is -2.28. The highest BCUT2D eigenvalue weighted by atomic mass is 16.2. The number of rotatable bonds is 3. The van der Waals surface area contributed by atoms with Crippen molar-refractivity contribution in [1.82, 2.24) is 29.3 Å². The first kappa shape index (κ1) is 15.2. The summed E-state index contributed by atoms with van der Waals surface area (Å²) in [5.74, 6) is 0.946. The maximum atomic E-state index is 12.1. The highest BCUT2D eigenvalue weighted by Gasteiger charge is 2.30. The van der Waals surface area contributed by atoms with Crippen molar-refractivity contribution >= 4 is 23.2 Å². The van der Waals surface area contributed by atoms with Crippen LogP contribution in [0.4, 0.5) is 16.3 Å². The van der Waals surface area contributed by atoms with Crippen LogP contribution < -0.4 is 9.80 Å². The molecule has 5 heterocycles. The van der Waals surface area contributed by atoms with E-state index in [1.54, 1.807) is 26.7 Å². The van der Waals surface area contributed by atoms with Gasteiger partial charge in [-0.2, -0.15) is 5.10 Å². The molecule has 2 amide bonds. The fourth-order valence-corrected chi connectivity index (χ4v) is 3.69. The topological polar surface area (TPSA) is 74.8 Å². The Morgan fingerprint density at radius 1 is 1.19 bits per heavy atom. The molecule has 3 aromatic heterocycles. The molecular weight excluding hydrogens is 332 g/mol. The molecule has 2 aliphatic heterocycles. The normalized spacial score (nSPS) is 20.7. The van der Waals surface area contributed by atoms with Gasteiger partial charge in [-0.05, 0) is 18.6 Å². The molecule has 1 atom stereocenters. The van der Waals surface area contributed by atoms with Crippen LogP contribution in [0.1, 0.15) is 12.5 Å². The fraction of sp³-hybridized carbons (Fsp3) is 0.412. The van der Waals surface area contributed by atoms with Crippen LogP contribution in [-0.2, 0) is 0 Å². The number of carbonyl (C=O) groups is 1. The Balaban J connectivity index is 1.32. The predicted octanol–water partition coefficient (Wildman–Crippen LogP) is 1.25. The molecule has 1 unspecified atom stereocenters. The number of likely N-dealkylation sites (N-methyl/N-ethyl adjacent to an activating group) is 1. The third-order valence-electron chi connectivity index (χ3n) is 5.22. The molecule has 5 rings (SSSR count). The van der Waals surface area contributed by atoms with Gasteiger partial charge in [0.15, 0.2) is 5.65 Å². The lowest BCUT2D eigenvalue weighted by Gasteiger charge is -2.17. The van der Waals surface area contributed by atoms with E-state index in [0.29, 0.717) is 6.54 Å². The van der Waals surface area contributed by atoms with Crippen molar-refractivity contribution in [3.63, 3.8) is 0 Å². The lowest BCUT2D eigenvalue weighted by atomic mass is 10.3. The second-order valence-corrected chi connectivity index (χ2v) is 6.84. The van der Waals surface area contributed by atoms with Crippen LogP contribution in [-0.4, -0.2) is 68.5 Å². The molecule has 0 aromatic carbocycles. The van der Waals surface area contributed by atoms with E-state index in [0.717, 1.165) is 43.2 Å². The SMILES string of the molecule is CN1CCN(c2cnn(C3CCN(c4ccc5nccn5n4)C3)c2)C1=O. The number of anilines is 2. The summed E-state index contributed by atoms with van der Waals surface area (Å²) in [6.07, 6.45) is 8.38. The Bertz CT molecular complexity index is 962. The second-order valence-electron chi connectivity index (χ2n) is 6.84. The van der Waals surface area contributed by atoms with E-state index in [1.165, 1.54) is 0 Å². The van der Waals surface area contributed by atoms with Crippen LogP contribution >= 0.6 is 0 Å². The van der Waals surface area contributed by atoms with E-state index in [9.17, 15) is 4.79 Å². The Hall–Kier alpha value is -3.10. The van der Waals surface area contributed by atoms with Gasteiger partial charge in [0.1, 0.15) is 5.82 Å². The molecule has 0 N–H and O–H groups in total. The van der Waals surface area contributed by atoms with Gasteiger partial charge in [0.2, 0.25) is 0 Å². The van der Waals surface area contributed by atoms with Crippen LogP contribution in [0.3, 0.4) is 0 Å². The first-order valence-corrected chi connectivity index (χ1v) is 8.81. The molecule has 2 saturated heterocycles. The number of amides is 2. The molecule has 9 nitrogen and oxygen atoms in total. The van der Waals surface area contributed by atoms with Gasteiger partial charge >= 0.3 is 6.03 Å².